The molecular formula is C17H15F3I2N4O2. The van der Waals surface area contributed by atoms with E-state index in [2.05, 4.69) is 0 Å². The first-order valence-corrected chi connectivity index (χ1v) is 10.3. The summed E-state index contributed by atoms with van der Waals surface area (Å²) in [6.45, 7) is 2.98. The minimum Gasteiger partial charge on any atom is -0.327 e. The second kappa shape index (κ2) is 6.45. The van der Waals surface area contributed by atoms with Gasteiger partial charge in [-0.1, -0.05) is 0 Å². The average molecular weight is 618 g/mol. The van der Waals surface area contributed by atoms with Crippen LogP contribution in [0.5, 0.6) is 0 Å². The first-order valence-electron chi connectivity index (χ1n) is 8.41. The summed E-state index contributed by atoms with van der Waals surface area (Å²) in [4.78, 5) is 28.0. The van der Waals surface area contributed by atoms with Crippen LogP contribution in [-0.2, 0) is 4.79 Å². The predicted molar refractivity (Wildman–Crippen MR) is 117 cm³/mol. The van der Waals surface area contributed by atoms with Gasteiger partial charge in [0, 0.05) is 53.4 Å². The summed E-state index contributed by atoms with van der Waals surface area (Å²) in [6.07, 6.45) is 0. The molecule has 28 heavy (non-hydrogen) atoms. The number of carbonyl (C=O) groups is 1. The number of pyridine rings is 1. The number of alkyl halides is 1. The van der Waals surface area contributed by atoms with Crippen molar-refractivity contribution in [2.75, 3.05) is 29.9 Å². The first kappa shape index (κ1) is 20.2. The highest BCUT2D eigenvalue weighted by Crippen LogP contribution is 2.47. The topological polar surface area (TPSA) is 48.8 Å². The van der Waals surface area contributed by atoms with Crippen molar-refractivity contribution in [3.63, 3.8) is 0 Å². The Morgan fingerprint density at radius 1 is 1.21 bits per heavy atom. The molecule has 2 aliphatic rings. The molecule has 1 fully saturated rings. The summed E-state index contributed by atoms with van der Waals surface area (Å²) < 4.78 is 48.0. The van der Waals surface area contributed by atoms with E-state index in [0.717, 1.165) is 13.7 Å². The molecule has 1 aromatic carbocycles. The monoisotopic (exact) mass is 618 g/mol. The molecule has 6 nitrogen and oxygen atoms in total. The van der Waals surface area contributed by atoms with E-state index in [4.69, 9.17) is 0 Å². The SMILES string of the molecule is Cc1c(F)cc2c3c(c(=O)n(I)c2c1F)N(C)C(=O)C1(F)CN(I)C(C)CN31. The maximum atomic E-state index is 16.0. The Labute approximate surface area is 186 Å². The van der Waals surface area contributed by atoms with E-state index in [1.165, 1.54) is 18.9 Å². The van der Waals surface area contributed by atoms with Crippen LogP contribution in [0.4, 0.5) is 24.5 Å². The van der Waals surface area contributed by atoms with Crippen LogP contribution in [0, 0.1) is 18.6 Å². The van der Waals surface area contributed by atoms with Crippen LogP contribution in [0.25, 0.3) is 10.9 Å². The smallest absolute Gasteiger partial charge is 0.287 e. The van der Waals surface area contributed by atoms with Crippen LogP contribution in [0.3, 0.4) is 0 Å². The number of likely N-dealkylation sites (N-methyl/N-ethyl adjacent to an activating group) is 1. The summed E-state index contributed by atoms with van der Waals surface area (Å²) >= 11 is 3.57. The molecule has 1 saturated heterocycles. The van der Waals surface area contributed by atoms with Crippen LogP contribution >= 0.6 is 45.7 Å². The van der Waals surface area contributed by atoms with Gasteiger partial charge in [-0.05, 0) is 19.9 Å². The quantitative estimate of drug-likeness (QED) is 0.259. The van der Waals surface area contributed by atoms with Crippen LogP contribution in [0.2, 0.25) is 0 Å². The number of anilines is 2. The number of rotatable bonds is 0. The molecule has 0 aliphatic carbocycles. The molecule has 0 N–H and O–H groups in total. The third kappa shape index (κ3) is 2.47. The number of piperazine rings is 1. The summed E-state index contributed by atoms with van der Waals surface area (Å²) in [6, 6.07) is 0.956. The van der Waals surface area contributed by atoms with Gasteiger partial charge in [0.2, 0.25) is 0 Å². The van der Waals surface area contributed by atoms with Gasteiger partial charge in [-0.3, -0.25) is 9.59 Å². The summed E-state index contributed by atoms with van der Waals surface area (Å²) in [5, 5.41) is 0.0556. The van der Waals surface area contributed by atoms with Gasteiger partial charge in [-0.2, -0.15) is 0 Å². The number of hydrogen-bond donors (Lipinski definition) is 0. The number of nitrogens with zero attached hydrogens (tertiary/aromatic N) is 4. The van der Waals surface area contributed by atoms with E-state index in [0.29, 0.717) is 0 Å². The largest absolute Gasteiger partial charge is 0.327 e. The molecule has 1 aromatic heterocycles. The Balaban J connectivity index is 2.18. The zero-order valence-electron chi connectivity index (χ0n) is 15.1. The highest BCUT2D eigenvalue weighted by Gasteiger charge is 2.56. The lowest BCUT2D eigenvalue weighted by atomic mass is 9.97. The van der Waals surface area contributed by atoms with E-state index in [-0.39, 0.29) is 47.0 Å². The number of fused-ring (bicyclic) bond motifs is 5. The van der Waals surface area contributed by atoms with Crippen molar-refractivity contribution in [1.29, 1.82) is 0 Å². The number of benzene rings is 1. The second-order valence-corrected chi connectivity index (χ2v) is 9.32. The van der Waals surface area contributed by atoms with Gasteiger partial charge in [-0.25, -0.2) is 19.1 Å². The zero-order valence-corrected chi connectivity index (χ0v) is 19.4. The molecule has 150 valence electrons. The standard InChI is InChI=1S/C17H15F3I2N4O2/c1-7-5-24-13-9-4-10(18)8(2)11(19)12(9)26(22)15(27)14(13)23(3)16(28)17(24,20)6-25(7)21/h4,7H,5-6H2,1-3H3. The minimum atomic E-state index is -2.44. The number of hydrogen-bond acceptors (Lipinski definition) is 4. The third-order valence-electron chi connectivity index (χ3n) is 5.43. The van der Waals surface area contributed by atoms with Crippen LogP contribution in [0.15, 0.2) is 10.9 Å². The molecule has 3 heterocycles. The molecule has 11 heteroatoms. The fourth-order valence-electron chi connectivity index (χ4n) is 3.82. The molecule has 1 amide bonds. The van der Waals surface area contributed by atoms with Crippen molar-refractivity contribution in [2.24, 2.45) is 0 Å². The average Bonchev–Trinajstić information content (AvgIpc) is 2.63. The molecule has 4 rings (SSSR count). The Morgan fingerprint density at radius 3 is 2.50 bits per heavy atom. The first-order chi connectivity index (χ1) is 13.0. The van der Waals surface area contributed by atoms with Gasteiger partial charge in [-0.15, -0.1) is 0 Å². The minimum absolute atomic E-state index is 0.0478. The number of amides is 1. The summed E-state index contributed by atoms with van der Waals surface area (Å²) in [5.74, 6) is -5.00. The Bertz CT molecular complexity index is 1110. The van der Waals surface area contributed by atoms with Crippen molar-refractivity contribution in [3.8, 4) is 0 Å². The molecule has 2 aromatic rings. The predicted octanol–water partition coefficient (Wildman–Crippen LogP) is 3.29. The maximum Gasteiger partial charge on any atom is 0.287 e. The van der Waals surface area contributed by atoms with Crippen molar-refractivity contribution < 1.29 is 18.0 Å². The van der Waals surface area contributed by atoms with Crippen LogP contribution < -0.4 is 15.4 Å². The van der Waals surface area contributed by atoms with Gasteiger partial charge >= 0.3 is 0 Å². The van der Waals surface area contributed by atoms with Crippen molar-refractivity contribution in [2.45, 2.75) is 25.7 Å². The van der Waals surface area contributed by atoms with Crippen LogP contribution in [-0.4, -0.2) is 43.8 Å². The lowest BCUT2D eigenvalue weighted by molar-refractivity contribution is -0.132. The van der Waals surface area contributed by atoms with E-state index >= 15 is 4.39 Å². The molecule has 2 aliphatic heterocycles. The van der Waals surface area contributed by atoms with E-state index in [1.807, 2.05) is 29.8 Å². The van der Waals surface area contributed by atoms with E-state index in [1.54, 1.807) is 26.0 Å². The summed E-state index contributed by atoms with van der Waals surface area (Å²) in [5.41, 5.74) is -1.05. The van der Waals surface area contributed by atoms with Crippen LogP contribution in [0.1, 0.15) is 12.5 Å². The van der Waals surface area contributed by atoms with Gasteiger partial charge in [0.05, 0.1) is 40.6 Å². The Hall–Kier alpha value is -1.09. The normalized spacial score (nSPS) is 25.3. The highest BCUT2D eigenvalue weighted by molar-refractivity contribution is 14.1. The van der Waals surface area contributed by atoms with E-state index < -0.39 is 28.9 Å². The molecule has 2 atom stereocenters. The highest BCUT2D eigenvalue weighted by atomic mass is 127. The molecular weight excluding hydrogens is 603 g/mol. The Kier molecular flexibility index (Phi) is 4.65. The van der Waals surface area contributed by atoms with Crippen molar-refractivity contribution >= 4 is 73.9 Å². The van der Waals surface area contributed by atoms with Gasteiger partial charge in [0.15, 0.2) is 5.82 Å². The number of carbonyl (C=O) groups excluding carboxylic acids is 1. The van der Waals surface area contributed by atoms with Crippen molar-refractivity contribution in [1.82, 2.24) is 5.89 Å². The lowest BCUT2D eigenvalue weighted by Gasteiger charge is -2.51. The molecule has 0 spiro atoms. The number of halogens is 5. The molecule has 0 saturated carbocycles. The Morgan fingerprint density at radius 2 is 1.86 bits per heavy atom. The number of aromatic nitrogens is 1. The molecule has 2 unspecified atom stereocenters. The molecule has 0 radical (unpaired) electrons. The third-order valence-corrected chi connectivity index (χ3v) is 7.64. The second-order valence-electron chi connectivity index (χ2n) is 7.12. The van der Waals surface area contributed by atoms with E-state index in [9.17, 15) is 18.4 Å². The van der Waals surface area contributed by atoms with Gasteiger partial charge < -0.3 is 9.80 Å². The van der Waals surface area contributed by atoms with Crippen molar-refractivity contribution in [3.05, 3.63) is 33.6 Å². The van der Waals surface area contributed by atoms with Gasteiger partial charge in [0.1, 0.15) is 11.5 Å². The summed E-state index contributed by atoms with van der Waals surface area (Å²) in [7, 11) is 1.31. The zero-order chi connectivity index (χ0) is 20.7. The fourth-order valence-corrected chi connectivity index (χ4v) is 5.15. The maximum absolute atomic E-state index is 16.0. The lowest BCUT2D eigenvalue weighted by Crippen LogP contribution is -2.70. The molecule has 0 bridgehead atoms. The fraction of sp³-hybridized carbons (Fsp3) is 0.412. The van der Waals surface area contributed by atoms with Gasteiger partial charge in [0.25, 0.3) is 17.3 Å².